The van der Waals surface area contributed by atoms with Crippen LogP contribution < -0.4 is 9.47 Å². The van der Waals surface area contributed by atoms with Crippen LogP contribution in [0.25, 0.3) is 5.76 Å². The molecule has 7 nitrogen and oxygen atoms in total. The highest BCUT2D eigenvalue weighted by atomic mass is 16.5. The summed E-state index contributed by atoms with van der Waals surface area (Å²) in [4.78, 5) is 27.4. The van der Waals surface area contributed by atoms with Crippen LogP contribution in [0.5, 0.6) is 11.5 Å². The number of aliphatic hydroxyl groups is 1. The molecule has 0 spiro atoms. The van der Waals surface area contributed by atoms with Gasteiger partial charge in [-0.1, -0.05) is 24.3 Å². The monoisotopic (exact) mass is 439 g/mol. The Hall–Kier alpha value is -3.32. The van der Waals surface area contributed by atoms with Gasteiger partial charge in [0.15, 0.2) is 0 Å². The summed E-state index contributed by atoms with van der Waals surface area (Å²) in [7, 11) is 1.57. The maximum atomic E-state index is 13.0. The van der Waals surface area contributed by atoms with E-state index in [4.69, 9.17) is 14.2 Å². The van der Waals surface area contributed by atoms with E-state index in [1.807, 2.05) is 20.8 Å². The fourth-order valence-electron chi connectivity index (χ4n) is 3.69. The van der Waals surface area contributed by atoms with Gasteiger partial charge in [0.1, 0.15) is 17.3 Å². The molecule has 1 heterocycles. The van der Waals surface area contributed by atoms with Gasteiger partial charge in [0.2, 0.25) is 0 Å². The molecule has 170 valence electrons. The van der Waals surface area contributed by atoms with E-state index >= 15 is 0 Å². The van der Waals surface area contributed by atoms with Crippen LogP contribution in [0.3, 0.4) is 0 Å². The Kier molecular flexibility index (Phi) is 7.53. The molecule has 0 saturated carbocycles. The number of carbonyl (C=O) groups excluding carboxylic acids is 2. The fourth-order valence-corrected chi connectivity index (χ4v) is 3.69. The minimum absolute atomic E-state index is 0.00689. The summed E-state index contributed by atoms with van der Waals surface area (Å²) in [6.07, 6.45) is -0.00689. The molecule has 1 N–H and O–H groups in total. The molecule has 2 aromatic carbocycles. The van der Waals surface area contributed by atoms with Gasteiger partial charge < -0.3 is 24.2 Å². The van der Waals surface area contributed by atoms with Gasteiger partial charge in [-0.05, 0) is 50.6 Å². The number of nitrogens with zero attached hydrogens (tertiary/aromatic N) is 1. The van der Waals surface area contributed by atoms with E-state index in [9.17, 15) is 14.7 Å². The minimum Gasteiger partial charge on any atom is -0.507 e. The first-order valence-electron chi connectivity index (χ1n) is 10.6. The predicted molar refractivity (Wildman–Crippen MR) is 121 cm³/mol. The third-order valence-electron chi connectivity index (χ3n) is 5.17. The van der Waals surface area contributed by atoms with E-state index < -0.39 is 17.7 Å². The Morgan fingerprint density at radius 1 is 1.09 bits per heavy atom. The highest BCUT2D eigenvalue weighted by Crippen LogP contribution is 2.40. The first-order chi connectivity index (χ1) is 15.4. The lowest BCUT2D eigenvalue weighted by atomic mass is 9.95. The number of Topliss-reactive ketones (excluding diaryl/α,β-unsaturated/α-hetero) is 1. The molecule has 2 aromatic rings. The summed E-state index contributed by atoms with van der Waals surface area (Å²) in [6, 6.07) is 13.2. The normalized spacial score (nSPS) is 17.8. The Morgan fingerprint density at radius 2 is 1.81 bits per heavy atom. The van der Waals surface area contributed by atoms with Gasteiger partial charge in [-0.15, -0.1) is 0 Å². The van der Waals surface area contributed by atoms with Gasteiger partial charge in [0.25, 0.3) is 11.7 Å². The Bertz CT molecular complexity index is 996. The lowest BCUT2D eigenvalue weighted by Gasteiger charge is -2.25. The number of hydrogen-bond acceptors (Lipinski definition) is 6. The molecule has 0 radical (unpaired) electrons. The van der Waals surface area contributed by atoms with Crippen molar-refractivity contribution in [3.8, 4) is 11.5 Å². The average molecular weight is 440 g/mol. The molecular formula is C25H29NO6. The molecule has 0 aliphatic carbocycles. The molecule has 1 unspecified atom stereocenters. The van der Waals surface area contributed by atoms with Crippen LogP contribution in [0.1, 0.15) is 37.9 Å². The van der Waals surface area contributed by atoms with Crippen LogP contribution >= 0.6 is 0 Å². The lowest BCUT2D eigenvalue weighted by molar-refractivity contribution is -0.140. The largest absolute Gasteiger partial charge is 0.507 e. The van der Waals surface area contributed by atoms with E-state index in [1.54, 1.807) is 55.6 Å². The number of ketones is 1. The van der Waals surface area contributed by atoms with Gasteiger partial charge >= 0.3 is 0 Å². The number of carbonyl (C=O) groups is 2. The van der Waals surface area contributed by atoms with Crippen molar-refractivity contribution in [2.75, 3.05) is 26.9 Å². The highest BCUT2D eigenvalue weighted by Gasteiger charge is 2.45. The first kappa shape index (κ1) is 23.3. The quantitative estimate of drug-likeness (QED) is 0.362. The predicted octanol–water partition coefficient (Wildman–Crippen LogP) is 3.94. The average Bonchev–Trinajstić information content (AvgIpc) is 3.04. The van der Waals surface area contributed by atoms with Gasteiger partial charge in [-0.3, -0.25) is 9.59 Å². The van der Waals surface area contributed by atoms with E-state index in [0.29, 0.717) is 29.2 Å². The van der Waals surface area contributed by atoms with Crippen molar-refractivity contribution in [3.63, 3.8) is 0 Å². The number of benzene rings is 2. The number of rotatable bonds is 9. The topological polar surface area (TPSA) is 85.3 Å². The van der Waals surface area contributed by atoms with E-state index in [1.165, 1.54) is 4.90 Å². The van der Waals surface area contributed by atoms with Crippen molar-refractivity contribution in [1.82, 2.24) is 4.90 Å². The molecule has 1 atom stereocenters. The Labute approximate surface area is 188 Å². The smallest absolute Gasteiger partial charge is 0.295 e. The maximum absolute atomic E-state index is 13.0. The molecule has 1 aliphatic heterocycles. The second-order valence-electron chi connectivity index (χ2n) is 7.65. The first-order valence-corrected chi connectivity index (χ1v) is 10.6. The van der Waals surface area contributed by atoms with Crippen molar-refractivity contribution >= 4 is 17.4 Å². The van der Waals surface area contributed by atoms with Crippen LogP contribution in [0.15, 0.2) is 54.1 Å². The summed E-state index contributed by atoms with van der Waals surface area (Å²) in [5, 5.41) is 11.1. The summed E-state index contributed by atoms with van der Waals surface area (Å²) in [5.41, 5.74) is 1.14. The molecule has 1 fully saturated rings. The molecule has 1 amide bonds. The third kappa shape index (κ3) is 4.94. The van der Waals surface area contributed by atoms with Crippen LogP contribution in [0.4, 0.5) is 0 Å². The number of methoxy groups -OCH3 is 1. The number of amides is 1. The van der Waals surface area contributed by atoms with Crippen molar-refractivity contribution < 1.29 is 28.9 Å². The van der Waals surface area contributed by atoms with Crippen LogP contribution in [0.2, 0.25) is 0 Å². The molecule has 3 rings (SSSR count). The molecule has 7 heteroatoms. The number of ether oxygens (including phenoxy) is 3. The molecular weight excluding hydrogens is 410 g/mol. The Morgan fingerprint density at radius 3 is 2.44 bits per heavy atom. The maximum Gasteiger partial charge on any atom is 0.295 e. The summed E-state index contributed by atoms with van der Waals surface area (Å²) in [6.45, 7) is 6.63. The lowest BCUT2D eigenvalue weighted by Crippen LogP contribution is -2.33. The third-order valence-corrected chi connectivity index (χ3v) is 5.17. The van der Waals surface area contributed by atoms with Gasteiger partial charge in [-0.25, -0.2) is 0 Å². The minimum atomic E-state index is -0.743. The summed E-state index contributed by atoms with van der Waals surface area (Å²) in [5.74, 6) is -0.413. The zero-order valence-corrected chi connectivity index (χ0v) is 18.8. The molecule has 1 saturated heterocycles. The fraction of sp³-hybridized carbons (Fsp3) is 0.360. The van der Waals surface area contributed by atoms with Crippen LogP contribution in [-0.2, 0) is 14.3 Å². The van der Waals surface area contributed by atoms with E-state index in [0.717, 1.165) is 0 Å². The van der Waals surface area contributed by atoms with Gasteiger partial charge in [0, 0.05) is 12.1 Å². The van der Waals surface area contributed by atoms with Crippen molar-refractivity contribution in [3.05, 3.63) is 65.2 Å². The second-order valence-corrected chi connectivity index (χ2v) is 7.65. The molecule has 32 heavy (non-hydrogen) atoms. The zero-order valence-electron chi connectivity index (χ0n) is 18.8. The van der Waals surface area contributed by atoms with Crippen molar-refractivity contribution in [2.45, 2.75) is 32.9 Å². The highest BCUT2D eigenvalue weighted by molar-refractivity contribution is 6.46. The van der Waals surface area contributed by atoms with Crippen LogP contribution in [0, 0.1) is 0 Å². The van der Waals surface area contributed by atoms with Crippen molar-refractivity contribution in [2.24, 2.45) is 0 Å². The standard InChI is InChI=1S/C25H29NO6/c1-5-31-20-8-6-7-18(15-20)23(27)21-22(17-9-11-19(30-4)12-10-17)26(25(29)24(21)28)13-14-32-16(2)3/h6-12,15-16,22,27H,5,13-14H2,1-4H3/b23-21-. The number of hydrogen-bond donors (Lipinski definition) is 1. The van der Waals surface area contributed by atoms with Gasteiger partial charge in [0.05, 0.1) is 38.0 Å². The number of likely N-dealkylation sites (tertiary alicyclic amines) is 1. The number of aliphatic hydroxyl groups excluding tert-OH is 1. The Balaban J connectivity index is 2.08. The van der Waals surface area contributed by atoms with Crippen LogP contribution in [-0.4, -0.2) is 54.7 Å². The SMILES string of the molecule is CCOc1cccc(/C(O)=C2/C(=O)C(=O)N(CCOC(C)C)C2c2ccc(OC)cc2)c1. The second kappa shape index (κ2) is 10.3. The molecule has 0 aromatic heterocycles. The van der Waals surface area contributed by atoms with Crippen molar-refractivity contribution in [1.29, 1.82) is 0 Å². The molecule has 1 aliphatic rings. The summed E-state index contributed by atoms with van der Waals surface area (Å²) >= 11 is 0. The van der Waals surface area contributed by atoms with E-state index in [2.05, 4.69) is 0 Å². The van der Waals surface area contributed by atoms with E-state index in [-0.39, 0.29) is 30.6 Å². The zero-order chi connectivity index (χ0) is 23.3. The summed E-state index contributed by atoms with van der Waals surface area (Å²) < 4.78 is 16.4. The van der Waals surface area contributed by atoms with Gasteiger partial charge in [-0.2, -0.15) is 0 Å². The molecule has 0 bridgehead atoms.